The van der Waals surface area contributed by atoms with Crippen molar-refractivity contribution in [2.45, 2.75) is 51.6 Å². The lowest BCUT2D eigenvalue weighted by atomic mass is 9.99. The largest absolute Gasteiger partial charge is 0.481 e. The number of carbonyl (C=O) groups is 2. The average Bonchev–Trinajstić information content (AvgIpc) is 2.65. The third-order valence-corrected chi connectivity index (χ3v) is 4.25. The minimum absolute atomic E-state index is 0.0134. The van der Waals surface area contributed by atoms with Gasteiger partial charge >= 0.3 is 11.9 Å². The average molecular weight is 354 g/mol. The van der Waals surface area contributed by atoms with Crippen LogP contribution < -0.4 is 0 Å². The maximum Gasteiger partial charge on any atom is 0.306 e. The Hall–Kier alpha value is -2.62. The van der Waals surface area contributed by atoms with Gasteiger partial charge in [0, 0.05) is 12.8 Å². The van der Waals surface area contributed by atoms with Crippen LogP contribution in [0.5, 0.6) is 0 Å². The van der Waals surface area contributed by atoms with Gasteiger partial charge in [-0.25, -0.2) is 0 Å². The lowest BCUT2D eigenvalue weighted by Gasteiger charge is -2.18. The van der Waals surface area contributed by atoms with Crippen molar-refractivity contribution in [2.75, 3.05) is 0 Å². The predicted octanol–water partition coefficient (Wildman–Crippen LogP) is 5.38. The second kappa shape index (κ2) is 10.4. The molecule has 0 aliphatic heterocycles. The van der Waals surface area contributed by atoms with E-state index in [1.54, 1.807) is 0 Å². The first-order chi connectivity index (χ1) is 12.6. The van der Waals surface area contributed by atoms with Crippen LogP contribution in [0.1, 0.15) is 57.1 Å². The van der Waals surface area contributed by atoms with E-state index in [0.29, 0.717) is 6.42 Å². The highest BCUT2D eigenvalue weighted by molar-refractivity contribution is 5.72. The number of carboxylic acids is 1. The zero-order chi connectivity index (χ0) is 18.8. The van der Waals surface area contributed by atoms with E-state index in [-0.39, 0.29) is 24.9 Å². The lowest BCUT2D eigenvalue weighted by molar-refractivity contribution is -0.150. The molecule has 4 nitrogen and oxygen atoms in total. The number of unbranched alkanes of at least 4 members (excludes halogenated alkanes) is 1. The quantitative estimate of drug-likeness (QED) is 0.582. The summed E-state index contributed by atoms with van der Waals surface area (Å²) in [6, 6.07) is 18.2. The fourth-order valence-corrected chi connectivity index (χ4v) is 2.81. The van der Waals surface area contributed by atoms with Crippen molar-refractivity contribution < 1.29 is 19.4 Å². The van der Waals surface area contributed by atoms with Crippen LogP contribution in [0.2, 0.25) is 0 Å². The maximum absolute atomic E-state index is 12.0. The number of carbonyl (C=O) groups excluding carboxylic acids is 1. The Labute approximate surface area is 154 Å². The van der Waals surface area contributed by atoms with Crippen molar-refractivity contribution in [2.24, 2.45) is 0 Å². The van der Waals surface area contributed by atoms with Crippen molar-refractivity contribution in [3.63, 3.8) is 0 Å². The summed E-state index contributed by atoms with van der Waals surface area (Å²) < 4.78 is 5.63. The van der Waals surface area contributed by atoms with Gasteiger partial charge in [0.25, 0.3) is 0 Å². The zero-order valence-electron chi connectivity index (χ0n) is 15.2. The van der Waals surface area contributed by atoms with Crippen molar-refractivity contribution >= 4 is 11.9 Å². The molecule has 0 saturated carbocycles. The molecule has 0 amide bonds. The summed E-state index contributed by atoms with van der Waals surface area (Å²) in [4.78, 5) is 22.6. The Bertz CT molecular complexity index is 692. The molecule has 138 valence electrons. The number of rotatable bonds is 10. The molecule has 2 aromatic rings. The SMILES string of the molecule is CCCCC(OC(=O)CCCC(=O)O)c1ccc(-c2ccccc2)cc1. The summed E-state index contributed by atoms with van der Waals surface area (Å²) in [5, 5.41) is 8.67. The summed E-state index contributed by atoms with van der Waals surface area (Å²) in [6.45, 7) is 2.10. The molecule has 0 aromatic heterocycles. The Balaban J connectivity index is 2.03. The van der Waals surface area contributed by atoms with Crippen LogP contribution in [0.4, 0.5) is 0 Å². The van der Waals surface area contributed by atoms with Crippen LogP contribution in [0, 0.1) is 0 Å². The van der Waals surface area contributed by atoms with Crippen molar-refractivity contribution in [1.82, 2.24) is 0 Å². The van der Waals surface area contributed by atoms with E-state index in [9.17, 15) is 9.59 Å². The molecule has 1 unspecified atom stereocenters. The molecule has 2 aromatic carbocycles. The van der Waals surface area contributed by atoms with Gasteiger partial charge in [0.05, 0.1) is 0 Å². The molecule has 0 saturated heterocycles. The topological polar surface area (TPSA) is 63.6 Å². The highest BCUT2D eigenvalue weighted by Gasteiger charge is 2.17. The zero-order valence-corrected chi connectivity index (χ0v) is 15.2. The van der Waals surface area contributed by atoms with Crippen LogP contribution in [-0.2, 0) is 14.3 Å². The fraction of sp³-hybridized carbons (Fsp3) is 0.364. The number of hydrogen-bond acceptors (Lipinski definition) is 3. The molecule has 1 atom stereocenters. The summed E-state index contributed by atoms with van der Waals surface area (Å²) in [5.41, 5.74) is 3.25. The number of esters is 1. The molecule has 0 bridgehead atoms. The van der Waals surface area contributed by atoms with Gasteiger partial charge in [-0.05, 0) is 36.0 Å². The number of aliphatic carboxylic acids is 1. The standard InChI is InChI=1S/C22H26O4/c1-2-3-10-20(26-22(25)12-7-11-21(23)24)19-15-13-18(14-16-19)17-8-5-4-6-9-17/h4-6,8-9,13-16,20H,2-3,7,10-12H2,1H3,(H,23,24). The molecule has 0 aliphatic rings. The van der Waals surface area contributed by atoms with E-state index < -0.39 is 5.97 Å². The van der Waals surface area contributed by atoms with Gasteiger partial charge in [0.2, 0.25) is 0 Å². The van der Waals surface area contributed by atoms with Gasteiger partial charge in [-0.1, -0.05) is 67.9 Å². The smallest absolute Gasteiger partial charge is 0.306 e. The lowest BCUT2D eigenvalue weighted by Crippen LogP contribution is -2.12. The minimum Gasteiger partial charge on any atom is -0.481 e. The molecule has 0 fully saturated rings. The van der Waals surface area contributed by atoms with Gasteiger partial charge < -0.3 is 9.84 Å². The van der Waals surface area contributed by atoms with Crippen LogP contribution in [0.15, 0.2) is 54.6 Å². The summed E-state index contributed by atoms with van der Waals surface area (Å²) in [6.07, 6.45) is 2.91. The monoisotopic (exact) mass is 354 g/mol. The number of benzene rings is 2. The number of carboxylic acid groups (broad SMARTS) is 1. The predicted molar refractivity (Wildman–Crippen MR) is 102 cm³/mol. The van der Waals surface area contributed by atoms with Crippen LogP contribution in [0.25, 0.3) is 11.1 Å². The normalized spacial score (nSPS) is 11.7. The summed E-state index contributed by atoms with van der Waals surface area (Å²) >= 11 is 0. The minimum atomic E-state index is -0.892. The Morgan fingerprint density at radius 3 is 2.19 bits per heavy atom. The second-order valence-corrected chi connectivity index (χ2v) is 6.36. The van der Waals surface area contributed by atoms with Crippen LogP contribution in [-0.4, -0.2) is 17.0 Å². The molecule has 0 spiro atoms. The molecular formula is C22H26O4. The van der Waals surface area contributed by atoms with Crippen molar-refractivity contribution in [3.8, 4) is 11.1 Å². The number of ether oxygens (including phenoxy) is 1. The van der Waals surface area contributed by atoms with E-state index in [1.165, 1.54) is 0 Å². The van der Waals surface area contributed by atoms with Crippen LogP contribution >= 0.6 is 0 Å². The molecule has 0 radical (unpaired) electrons. The third kappa shape index (κ3) is 6.36. The Morgan fingerprint density at radius 1 is 0.923 bits per heavy atom. The summed E-state index contributed by atoms with van der Waals surface area (Å²) in [7, 11) is 0. The number of hydrogen-bond donors (Lipinski definition) is 1. The Morgan fingerprint density at radius 2 is 1.58 bits per heavy atom. The molecule has 1 N–H and O–H groups in total. The van der Waals surface area contributed by atoms with E-state index in [4.69, 9.17) is 9.84 Å². The van der Waals surface area contributed by atoms with Gasteiger partial charge in [0.1, 0.15) is 6.10 Å². The van der Waals surface area contributed by atoms with E-state index in [1.807, 2.05) is 42.5 Å². The first kappa shape index (κ1) is 19.7. The van der Waals surface area contributed by atoms with Gasteiger partial charge in [-0.3, -0.25) is 9.59 Å². The van der Waals surface area contributed by atoms with Crippen molar-refractivity contribution in [1.29, 1.82) is 0 Å². The van der Waals surface area contributed by atoms with Crippen molar-refractivity contribution in [3.05, 3.63) is 60.2 Å². The molecule has 0 heterocycles. The maximum atomic E-state index is 12.0. The Kier molecular flexibility index (Phi) is 7.87. The molecule has 26 heavy (non-hydrogen) atoms. The highest BCUT2D eigenvalue weighted by atomic mass is 16.5. The first-order valence-electron chi connectivity index (χ1n) is 9.16. The molecule has 0 aliphatic carbocycles. The van der Waals surface area contributed by atoms with E-state index >= 15 is 0 Å². The summed E-state index contributed by atoms with van der Waals surface area (Å²) in [5.74, 6) is -1.23. The first-order valence-corrected chi connectivity index (χ1v) is 9.16. The van der Waals surface area contributed by atoms with E-state index in [0.717, 1.165) is 36.0 Å². The van der Waals surface area contributed by atoms with Gasteiger partial charge in [0.15, 0.2) is 0 Å². The molecular weight excluding hydrogens is 328 g/mol. The third-order valence-electron chi connectivity index (χ3n) is 4.25. The molecule has 4 heteroatoms. The second-order valence-electron chi connectivity index (χ2n) is 6.36. The van der Waals surface area contributed by atoms with Gasteiger partial charge in [-0.15, -0.1) is 0 Å². The van der Waals surface area contributed by atoms with E-state index in [2.05, 4.69) is 19.1 Å². The highest BCUT2D eigenvalue weighted by Crippen LogP contribution is 2.27. The van der Waals surface area contributed by atoms with Crippen LogP contribution in [0.3, 0.4) is 0 Å². The fourth-order valence-electron chi connectivity index (χ4n) is 2.81. The van der Waals surface area contributed by atoms with Gasteiger partial charge in [-0.2, -0.15) is 0 Å². The molecule has 2 rings (SSSR count).